The molecule has 0 N–H and O–H groups in total. The second kappa shape index (κ2) is 11.1. The Labute approximate surface area is 213 Å². The minimum Gasteiger partial charge on any atom is -0.463 e. The number of ketones is 1. The van der Waals surface area contributed by atoms with Crippen molar-refractivity contribution in [2.45, 2.75) is 51.9 Å². The smallest absolute Gasteiger partial charge is 0.303 e. The number of Topliss-reactive ketones (excluding diaryl/α,β-unsaturated/α-hetero) is 1. The maximum absolute atomic E-state index is 13.3. The van der Waals surface area contributed by atoms with Gasteiger partial charge in [-0.2, -0.15) is 0 Å². The molecular formula is C28H27FO6S. The van der Waals surface area contributed by atoms with Crippen molar-refractivity contribution < 1.29 is 33.0 Å². The van der Waals surface area contributed by atoms with E-state index in [4.69, 9.17) is 14.2 Å². The lowest BCUT2D eigenvalue weighted by atomic mass is 9.91. The van der Waals surface area contributed by atoms with E-state index in [1.165, 1.54) is 26.0 Å². The first-order valence-electron chi connectivity index (χ1n) is 11.6. The Morgan fingerprint density at radius 1 is 1.06 bits per heavy atom. The standard InChI is InChI=1S/C28H27FO6S/c1-16-4-5-20(27-28(34-18(3)31)25(32)14-23(35-27)15-33-17(2)30)12-21(16)13-24-10-11-26(36-24)19-6-8-22(29)9-7-19/h4-12,23,27-28H,13-15H2,1-3H3/t23-,27-,28?/m0/s1. The zero-order valence-electron chi connectivity index (χ0n) is 20.3. The zero-order chi connectivity index (χ0) is 25.8. The lowest BCUT2D eigenvalue weighted by Gasteiger charge is -2.35. The molecular weight excluding hydrogens is 483 g/mol. The van der Waals surface area contributed by atoms with E-state index in [1.807, 2.05) is 37.3 Å². The third-order valence-corrected chi connectivity index (χ3v) is 7.12. The van der Waals surface area contributed by atoms with Crippen LogP contribution < -0.4 is 0 Å². The van der Waals surface area contributed by atoms with Gasteiger partial charge in [0, 0.05) is 36.4 Å². The molecule has 0 bridgehead atoms. The van der Waals surface area contributed by atoms with Gasteiger partial charge in [-0.05, 0) is 53.4 Å². The van der Waals surface area contributed by atoms with Crippen molar-refractivity contribution >= 4 is 29.1 Å². The van der Waals surface area contributed by atoms with Crippen LogP contribution in [0.2, 0.25) is 0 Å². The summed E-state index contributed by atoms with van der Waals surface area (Å²) in [6.45, 7) is 4.51. The molecule has 3 aromatic rings. The molecule has 0 amide bonds. The van der Waals surface area contributed by atoms with Gasteiger partial charge < -0.3 is 14.2 Å². The van der Waals surface area contributed by atoms with Gasteiger partial charge in [-0.15, -0.1) is 11.3 Å². The van der Waals surface area contributed by atoms with Crippen LogP contribution in [-0.2, 0) is 35.0 Å². The fraction of sp³-hybridized carbons (Fsp3) is 0.321. The fourth-order valence-electron chi connectivity index (χ4n) is 4.19. The quantitative estimate of drug-likeness (QED) is 0.399. The second-order valence-corrected chi connectivity index (χ2v) is 9.99. The van der Waals surface area contributed by atoms with Crippen molar-refractivity contribution in [3.05, 3.63) is 82.0 Å². The summed E-state index contributed by atoms with van der Waals surface area (Å²) in [6, 6.07) is 16.3. The molecule has 4 rings (SSSR count). The number of rotatable bonds is 7. The average molecular weight is 511 g/mol. The van der Waals surface area contributed by atoms with Crippen molar-refractivity contribution in [1.82, 2.24) is 0 Å². The Kier molecular flexibility index (Phi) is 7.96. The van der Waals surface area contributed by atoms with E-state index >= 15 is 0 Å². The molecule has 0 radical (unpaired) electrons. The lowest BCUT2D eigenvalue weighted by molar-refractivity contribution is -0.184. The molecule has 0 spiro atoms. The first kappa shape index (κ1) is 25.7. The van der Waals surface area contributed by atoms with E-state index in [-0.39, 0.29) is 24.6 Å². The summed E-state index contributed by atoms with van der Waals surface area (Å²) in [6.07, 6.45) is -1.87. The molecule has 36 heavy (non-hydrogen) atoms. The molecule has 1 fully saturated rings. The zero-order valence-corrected chi connectivity index (χ0v) is 21.1. The van der Waals surface area contributed by atoms with Crippen LogP contribution in [0.5, 0.6) is 0 Å². The Balaban J connectivity index is 1.58. The number of benzene rings is 2. The molecule has 1 unspecified atom stereocenters. The maximum Gasteiger partial charge on any atom is 0.303 e. The number of aryl methyl sites for hydroxylation is 1. The molecule has 1 aromatic heterocycles. The van der Waals surface area contributed by atoms with Gasteiger partial charge in [0.05, 0.1) is 6.10 Å². The Morgan fingerprint density at radius 2 is 1.81 bits per heavy atom. The molecule has 2 heterocycles. The number of halogens is 1. The van der Waals surface area contributed by atoms with Crippen molar-refractivity contribution in [1.29, 1.82) is 0 Å². The Morgan fingerprint density at radius 3 is 2.50 bits per heavy atom. The van der Waals surface area contributed by atoms with Crippen LogP contribution in [0.25, 0.3) is 10.4 Å². The normalized spacial score (nSPS) is 19.7. The van der Waals surface area contributed by atoms with E-state index in [9.17, 15) is 18.8 Å². The van der Waals surface area contributed by atoms with Crippen LogP contribution in [0.15, 0.2) is 54.6 Å². The molecule has 1 aliphatic rings. The van der Waals surface area contributed by atoms with E-state index < -0.39 is 30.3 Å². The first-order chi connectivity index (χ1) is 17.2. The van der Waals surface area contributed by atoms with Crippen LogP contribution in [0.3, 0.4) is 0 Å². The molecule has 1 aliphatic heterocycles. The highest BCUT2D eigenvalue weighted by Crippen LogP contribution is 2.35. The molecule has 0 aliphatic carbocycles. The highest BCUT2D eigenvalue weighted by Gasteiger charge is 2.41. The summed E-state index contributed by atoms with van der Waals surface area (Å²) in [4.78, 5) is 38.0. The largest absolute Gasteiger partial charge is 0.463 e. The van der Waals surface area contributed by atoms with E-state index in [2.05, 4.69) is 0 Å². The SMILES string of the molecule is CC(=O)OC[C@@H]1CC(=O)C(OC(C)=O)[C@H](c2ccc(C)c(Cc3ccc(-c4ccc(F)cc4)s3)c2)O1. The minimum atomic E-state index is -1.07. The minimum absolute atomic E-state index is 0.0121. The van der Waals surface area contributed by atoms with Gasteiger partial charge in [-0.1, -0.05) is 30.3 Å². The van der Waals surface area contributed by atoms with Gasteiger partial charge in [-0.3, -0.25) is 14.4 Å². The van der Waals surface area contributed by atoms with Gasteiger partial charge >= 0.3 is 11.9 Å². The van der Waals surface area contributed by atoms with Gasteiger partial charge in [0.1, 0.15) is 18.5 Å². The molecule has 6 nitrogen and oxygen atoms in total. The molecule has 8 heteroatoms. The number of carbonyl (C=O) groups excluding carboxylic acids is 3. The van der Waals surface area contributed by atoms with Crippen molar-refractivity contribution in [3.63, 3.8) is 0 Å². The summed E-state index contributed by atoms with van der Waals surface area (Å²) in [5, 5.41) is 0. The van der Waals surface area contributed by atoms with Gasteiger partial charge in [0.2, 0.25) is 0 Å². The topological polar surface area (TPSA) is 78.9 Å². The highest BCUT2D eigenvalue weighted by molar-refractivity contribution is 7.15. The molecule has 3 atom stereocenters. The summed E-state index contributed by atoms with van der Waals surface area (Å²) in [7, 11) is 0. The molecule has 1 saturated heterocycles. The average Bonchev–Trinajstić information content (AvgIpc) is 3.29. The van der Waals surface area contributed by atoms with E-state index in [0.717, 1.165) is 26.4 Å². The highest BCUT2D eigenvalue weighted by atomic mass is 32.1. The number of hydrogen-bond donors (Lipinski definition) is 0. The van der Waals surface area contributed by atoms with Gasteiger partial charge in [0.15, 0.2) is 11.9 Å². The van der Waals surface area contributed by atoms with Crippen molar-refractivity contribution in [2.75, 3.05) is 6.61 Å². The Bertz CT molecular complexity index is 1270. The summed E-state index contributed by atoms with van der Waals surface area (Å²) >= 11 is 1.63. The Hall–Kier alpha value is -3.36. The van der Waals surface area contributed by atoms with Crippen LogP contribution in [-0.4, -0.2) is 36.5 Å². The number of thiophene rings is 1. The molecule has 2 aromatic carbocycles. The molecule has 0 saturated carbocycles. The summed E-state index contributed by atoms with van der Waals surface area (Å²) in [5.74, 6) is -1.57. The third-order valence-electron chi connectivity index (χ3n) is 5.98. The fourth-order valence-corrected chi connectivity index (χ4v) is 5.23. The lowest BCUT2D eigenvalue weighted by Crippen LogP contribution is -2.44. The number of ether oxygens (including phenoxy) is 3. The predicted molar refractivity (Wildman–Crippen MR) is 133 cm³/mol. The van der Waals surface area contributed by atoms with Gasteiger partial charge in [0.25, 0.3) is 0 Å². The number of carbonyl (C=O) groups is 3. The summed E-state index contributed by atoms with van der Waals surface area (Å²) in [5.41, 5.74) is 3.77. The predicted octanol–water partition coefficient (Wildman–Crippen LogP) is 5.35. The second-order valence-electron chi connectivity index (χ2n) is 8.82. The van der Waals surface area contributed by atoms with Crippen LogP contribution in [0, 0.1) is 12.7 Å². The van der Waals surface area contributed by atoms with E-state index in [1.54, 1.807) is 23.5 Å². The number of esters is 2. The maximum atomic E-state index is 13.3. The third kappa shape index (κ3) is 6.25. The van der Waals surface area contributed by atoms with Crippen LogP contribution >= 0.6 is 11.3 Å². The molecule has 188 valence electrons. The van der Waals surface area contributed by atoms with Gasteiger partial charge in [-0.25, -0.2) is 4.39 Å². The first-order valence-corrected chi connectivity index (χ1v) is 12.4. The van der Waals surface area contributed by atoms with Crippen LogP contribution in [0.4, 0.5) is 4.39 Å². The van der Waals surface area contributed by atoms with Crippen molar-refractivity contribution in [2.24, 2.45) is 0 Å². The van der Waals surface area contributed by atoms with Crippen LogP contribution in [0.1, 0.15) is 47.9 Å². The van der Waals surface area contributed by atoms with Crippen molar-refractivity contribution in [3.8, 4) is 10.4 Å². The number of hydrogen-bond acceptors (Lipinski definition) is 7. The summed E-state index contributed by atoms with van der Waals surface area (Å²) < 4.78 is 29.8. The van der Waals surface area contributed by atoms with E-state index in [0.29, 0.717) is 12.0 Å². The monoisotopic (exact) mass is 510 g/mol.